The van der Waals surface area contributed by atoms with Crippen LogP contribution in [0.25, 0.3) is 11.0 Å². The van der Waals surface area contributed by atoms with E-state index in [-0.39, 0.29) is 17.2 Å². The SMILES string of the molecule is O=C(c1cc2ccccc2o1)c1ncccc1Cl. The van der Waals surface area contributed by atoms with Crippen molar-refractivity contribution in [3.8, 4) is 0 Å². The average Bonchev–Trinajstić information content (AvgIpc) is 2.82. The van der Waals surface area contributed by atoms with Gasteiger partial charge >= 0.3 is 0 Å². The second-order valence-electron chi connectivity index (χ2n) is 3.81. The topological polar surface area (TPSA) is 43.1 Å². The van der Waals surface area contributed by atoms with Crippen molar-refractivity contribution < 1.29 is 9.21 Å². The van der Waals surface area contributed by atoms with Crippen LogP contribution in [0.2, 0.25) is 5.02 Å². The highest BCUT2D eigenvalue weighted by atomic mass is 35.5. The van der Waals surface area contributed by atoms with Gasteiger partial charge in [0.25, 0.3) is 0 Å². The molecule has 1 aromatic carbocycles. The molecule has 0 saturated carbocycles. The Morgan fingerprint density at radius 2 is 2.00 bits per heavy atom. The number of hydrogen-bond donors (Lipinski definition) is 0. The molecule has 88 valence electrons. The fourth-order valence-electron chi connectivity index (χ4n) is 1.76. The van der Waals surface area contributed by atoms with Crippen LogP contribution in [-0.4, -0.2) is 10.8 Å². The molecule has 0 bridgehead atoms. The standard InChI is InChI=1S/C14H8ClNO2/c15-10-5-3-7-16-13(10)14(17)12-8-9-4-1-2-6-11(9)18-12/h1-8H. The number of halogens is 1. The number of nitrogens with zero attached hydrogens (tertiary/aromatic N) is 1. The Hall–Kier alpha value is -2.13. The van der Waals surface area contributed by atoms with Crippen LogP contribution in [0.4, 0.5) is 0 Å². The maximum Gasteiger partial charge on any atom is 0.248 e. The molecule has 2 heterocycles. The van der Waals surface area contributed by atoms with Crippen molar-refractivity contribution in [1.29, 1.82) is 0 Å². The molecule has 0 aliphatic rings. The number of furan rings is 1. The minimum atomic E-state index is -0.309. The van der Waals surface area contributed by atoms with E-state index in [9.17, 15) is 4.79 Å². The van der Waals surface area contributed by atoms with Crippen LogP contribution in [0.15, 0.2) is 53.1 Å². The number of ketones is 1. The third-order valence-corrected chi connectivity index (χ3v) is 2.93. The van der Waals surface area contributed by atoms with E-state index < -0.39 is 0 Å². The Kier molecular flexibility index (Phi) is 2.61. The van der Waals surface area contributed by atoms with Crippen LogP contribution in [0.1, 0.15) is 16.2 Å². The fourth-order valence-corrected chi connectivity index (χ4v) is 1.97. The summed E-state index contributed by atoms with van der Waals surface area (Å²) in [7, 11) is 0. The predicted octanol–water partition coefficient (Wildman–Crippen LogP) is 3.71. The molecule has 0 saturated heterocycles. The van der Waals surface area contributed by atoms with Gasteiger partial charge in [-0.3, -0.25) is 9.78 Å². The van der Waals surface area contributed by atoms with E-state index in [0.717, 1.165) is 5.39 Å². The van der Waals surface area contributed by atoms with Crippen LogP contribution in [0, 0.1) is 0 Å². The Morgan fingerprint density at radius 1 is 1.17 bits per heavy atom. The molecular weight excluding hydrogens is 250 g/mol. The first-order valence-electron chi connectivity index (χ1n) is 5.39. The van der Waals surface area contributed by atoms with E-state index in [1.165, 1.54) is 6.20 Å². The van der Waals surface area contributed by atoms with Crippen molar-refractivity contribution >= 4 is 28.4 Å². The average molecular weight is 258 g/mol. The van der Waals surface area contributed by atoms with Gasteiger partial charge in [-0.15, -0.1) is 0 Å². The monoisotopic (exact) mass is 257 g/mol. The van der Waals surface area contributed by atoms with Gasteiger partial charge in [-0.05, 0) is 24.3 Å². The van der Waals surface area contributed by atoms with Crippen molar-refractivity contribution in [2.24, 2.45) is 0 Å². The molecule has 0 radical (unpaired) electrons. The number of aromatic nitrogens is 1. The Morgan fingerprint density at radius 3 is 2.78 bits per heavy atom. The highest BCUT2D eigenvalue weighted by Crippen LogP contribution is 2.23. The van der Waals surface area contributed by atoms with E-state index in [1.54, 1.807) is 18.2 Å². The lowest BCUT2D eigenvalue weighted by atomic mass is 10.2. The zero-order valence-electron chi connectivity index (χ0n) is 9.26. The van der Waals surface area contributed by atoms with Crippen molar-refractivity contribution in [3.63, 3.8) is 0 Å². The first-order valence-corrected chi connectivity index (χ1v) is 5.77. The van der Waals surface area contributed by atoms with Gasteiger partial charge in [0.15, 0.2) is 5.76 Å². The van der Waals surface area contributed by atoms with Crippen LogP contribution in [0.5, 0.6) is 0 Å². The van der Waals surface area contributed by atoms with Gasteiger partial charge in [-0.1, -0.05) is 29.8 Å². The molecular formula is C14H8ClNO2. The zero-order valence-corrected chi connectivity index (χ0v) is 10.0. The number of hydrogen-bond acceptors (Lipinski definition) is 3. The molecule has 3 aromatic rings. The molecule has 0 aliphatic carbocycles. The molecule has 0 fully saturated rings. The number of carbonyl (C=O) groups excluding carboxylic acids is 1. The quantitative estimate of drug-likeness (QED) is 0.657. The minimum absolute atomic E-state index is 0.207. The summed E-state index contributed by atoms with van der Waals surface area (Å²) in [5.74, 6) is -0.0615. The lowest BCUT2D eigenvalue weighted by molar-refractivity contribution is 0.101. The zero-order chi connectivity index (χ0) is 12.5. The molecule has 0 amide bonds. The summed E-state index contributed by atoms with van der Waals surface area (Å²) < 4.78 is 5.49. The van der Waals surface area contributed by atoms with Crippen LogP contribution >= 0.6 is 11.6 Å². The number of carbonyl (C=O) groups is 1. The fraction of sp³-hybridized carbons (Fsp3) is 0. The summed E-state index contributed by atoms with van der Waals surface area (Å²) in [5.41, 5.74) is 0.881. The minimum Gasteiger partial charge on any atom is -0.453 e. The summed E-state index contributed by atoms with van der Waals surface area (Å²) in [5, 5.41) is 1.20. The van der Waals surface area contributed by atoms with Gasteiger partial charge in [0, 0.05) is 11.6 Å². The van der Waals surface area contributed by atoms with Crippen LogP contribution < -0.4 is 0 Å². The van der Waals surface area contributed by atoms with E-state index >= 15 is 0 Å². The van der Waals surface area contributed by atoms with Gasteiger partial charge in [0.1, 0.15) is 11.3 Å². The molecule has 0 aliphatic heterocycles. The maximum atomic E-state index is 12.2. The third kappa shape index (κ3) is 1.79. The van der Waals surface area contributed by atoms with Gasteiger partial charge in [-0.25, -0.2) is 0 Å². The van der Waals surface area contributed by atoms with Crippen LogP contribution in [0.3, 0.4) is 0 Å². The van der Waals surface area contributed by atoms with Gasteiger partial charge in [0.05, 0.1) is 5.02 Å². The van der Waals surface area contributed by atoms with Gasteiger partial charge in [-0.2, -0.15) is 0 Å². The Balaban J connectivity index is 2.10. The molecule has 0 unspecified atom stereocenters. The van der Waals surface area contributed by atoms with E-state index in [2.05, 4.69) is 4.98 Å². The van der Waals surface area contributed by atoms with E-state index in [0.29, 0.717) is 10.6 Å². The smallest absolute Gasteiger partial charge is 0.248 e. The third-order valence-electron chi connectivity index (χ3n) is 2.62. The van der Waals surface area contributed by atoms with Gasteiger partial charge < -0.3 is 4.42 Å². The predicted molar refractivity (Wildman–Crippen MR) is 68.9 cm³/mol. The van der Waals surface area contributed by atoms with Crippen molar-refractivity contribution in [2.45, 2.75) is 0 Å². The number of rotatable bonds is 2. The van der Waals surface area contributed by atoms with Gasteiger partial charge in [0.2, 0.25) is 5.78 Å². The highest BCUT2D eigenvalue weighted by molar-refractivity contribution is 6.34. The Labute approximate surface area is 108 Å². The van der Waals surface area contributed by atoms with E-state index in [1.807, 2.05) is 24.3 Å². The Bertz CT molecular complexity index is 700. The second-order valence-corrected chi connectivity index (χ2v) is 4.22. The molecule has 0 N–H and O–H groups in total. The molecule has 3 nitrogen and oxygen atoms in total. The lowest BCUT2D eigenvalue weighted by Gasteiger charge is -1.98. The van der Waals surface area contributed by atoms with Crippen molar-refractivity contribution in [2.75, 3.05) is 0 Å². The van der Waals surface area contributed by atoms with Crippen LogP contribution in [-0.2, 0) is 0 Å². The first-order chi connectivity index (χ1) is 8.75. The number of fused-ring (bicyclic) bond motifs is 1. The summed E-state index contributed by atoms with van der Waals surface area (Å²) >= 11 is 5.94. The molecule has 4 heteroatoms. The molecule has 0 spiro atoms. The highest BCUT2D eigenvalue weighted by Gasteiger charge is 2.18. The number of pyridine rings is 1. The molecule has 0 atom stereocenters. The summed E-state index contributed by atoms with van der Waals surface area (Å²) in [4.78, 5) is 16.2. The van der Waals surface area contributed by atoms with Crippen molar-refractivity contribution in [3.05, 3.63) is 65.1 Å². The first kappa shape index (κ1) is 11.0. The summed E-state index contributed by atoms with van der Waals surface area (Å²) in [6.07, 6.45) is 1.53. The molecule has 3 rings (SSSR count). The lowest BCUT2D eigenvalue weighted by Crippen LogP contribution is -2.03. The molecule has 2 aromatic heterocycles. The normalized spacial score (nSPS) is 10.7. The summed E-state index contributed by atoms with van der Waals surface area (Å²) in [6.45, 7) is 0. The van der Waals surface area contributed by atoms with Crippen molar-refractivity contribution in [1.82, 2.24) is 4.98 Å². The maximum absolute atomic E-state index is 12.2. The second kappa shape index (κ2) is 4.27. The van der Waals surface area contributed by atoms with E-state index in [4.69, 9.17) is 16.0 Å². The molecule has 18 heavy (non-hydrogen) atoms. The number of para-hydroxylation sites is 1. The summed E-state index contributed by atoms with van der Waals surface area (Å²) in [6, 6.07) is 12.4. The largest absolute Gasteiger partial charge is 0.453 e. The number of benzene rings is 1.